The van der Waals surface area contributed by atoms with Crippen LogP contribution in [0.2, 0.25) is 0 Å². The fourth-order valence-electron chi connectivity index (χ4n) is 1.09. The van der Waals surface area contributed by atoms with Crippen molar-refractivity contribution in [3.63, 3.8) is 0 Å². The molecule has 0 N–H and O–H groups in total. The maximum Gasteiger partial charge on any atom is 0.135 e. The molecule has 1 aromatic heterocycles. The van der Waals surface area contributed by atoms with Crippen molar-refractivity contribution < 1.29 is 4.79 Å². The molecule has 0 bridgehead atoms. The molecule has 1 rings (SSSR count). The summed E-state index contributed by atoms with van der Waals surface area (Å²) in [5.74, 6) is 0.229. The van der Waals surface area contributed by atoms with E-state index in [0.29, 0.717) is 6.42 Å². The summed E-state index contributed by atoms with van der Waals surface area (Å²) in [7, 11) is 0. The van der Waals surface area contributed by atoms with Crippen LogP contribution < -0.4 is 0 Å². The largest absolute Gasteiger partial charge is 0.300 e. The minimum absolute atomic E-state index is 0.229. The van der Waals surface area contributed by atoms with E-state index in [-0.39, 0.29) is 5.78 Å². The Morgan fingerprint density at radius 1 is 1.50 bits per heavy atom. The van der Waals surface area contributed by atoms with Gasteiger partial charge in [0.2, 0.25) is 0 Å². The van der Waals surface area contributed by atoms with Gasteiger partial charge in [-0.3, -0.25) is 4.79 Å². The van der Waals surface area contributed by atoms with Crippen LogP contribution in [0.1, 0.15) is 22.2 Å². The van der Waals surface area contributed by atoms with Crippen molar-refractivity contribution in [1.29, 1.82) is 0 Å². The lowest BCUT2D eigenvalue weighted by Gasteiger charge is -1.93. The van der Waals surface area contributed by atoms with E-state index in [1.165, 1.54) is 15.3 Å². The third kappa shape index (κ3) is 1.96. The first kappa shape index (κ1) is 9.93. The summed E-state index contributed by atoms with van der Waals surface area (Å²) in [6.07, 6.45) is 0.572. The predicted octanol–water partition coefficient (Wildman–Crippen LogP) is 3.26. The van der Waals surface area contributed by atoms with Gasteiger partial charge in [-0.2, -0.15) is 0 Å². The Hall–Kier alpha value is -0.150. The number of carbonyl (C=O) groups excluding carboxylic acids is 1. The summed E-state index contributed by atoms with van der Waals surface area (Å²) in [4.78, 5) is 13.3. The average molecular weight is 247 g/mol. The number of halogens is 1. The fraction of sp³-hybridized carbons (Fsp3) is 0.444. The number of hydrogen-bond acceptors (Lipinski definition) is 2. The van der Waals surface area contributed by atoms with Crippen LogP contribution in [0.5, 0.6) is 0 Å². The van der Waals surface area contributed by atoms with Gasteiger partial charge < -0.3 is 0 Å². The van der Waals surface area contributed by atoms with Crippen molar-refractivity contribution in [2.45, 2.75) is 27.2 Å². The van der Waals surface area contributed by atoms with Crippen LogP contribution >= 0.6 is 27.3 Å². The van der Waals surface area contributed by atoms with Crippen molar-refractivity contribution in [3.8, 4) is 0 Å². The molecule has 1 aromatic rings. The van der Waals surface area contributed by atoms with Crippen LogP contribution in [-0.4, -0.2) is 5.78 Å². The topological polar surface area (TPSA) is 17.1 Å². The van der Waals surface area contributed by atoms with Crippen LogP contribution in [0.15, 0.2) is 4.47 Å². The molecule has 0 aliphatic carbocycles. The minimum atomic E-state index is 0.229. The van der Waals surface area contributed by atoms with Crippen molar-refractivity contribution in [3.05, 3.63) is 19.8 Å². The molecular formula is C9H11BrOS. The molecule has 0 aromatic carbocycles. The Balaban J connectivity index is 3.01. The van der Waals surface area contributed by atoms with Gasteiger partial charge in [-0.15, -0.1) is 11.3 Å². The van der Waals surface area contributed by atoms with Crippen LogP contribution in [-0.2, 0) is 11.2 Å². The van der Waals surface area contributed by atoms with Gasteiger partial charge in [-0.25, -0.2) is 0 Å². The Bertz CT molecular complexity index is 315. The molecule has 66 valence electrons. The van der Waals surface area contributed by atoms with Gasteiger partial charge in [-0.1, -0.05) is 0 Å². The molecule has 0 unspecified atom stereocenters. The molecule has 12 heavy (non-hydrogen) atoms. The Kier molecular flexibility index (Phi) is 3.07. The maximum atomic E-state index is 10.9. The second-order valence-corrected chi connectivity index (χ2v) is 5.00. The number of thiophene rings is 1. The molecule has 0 spiro atoms. The normalized spacial score (nSPS) is 10.3. The van der Waals surface area contributed by atoms with E-state index in [1.807, 2.05) is 6.92 Å². The van der Waals surface area contributed by atoms with E-state index >= 15 is 0 Å². The fourth-order valence-corrected chi connectivity index (χ4v) is 2.84. The predicted molar refractivity (Wildman–Crippen MR) is 55.9 cm³/mol. The summed E-state index contributed by atoms with van der Waals surface area (Å²) in [6, 6.07) is 0. The number of hydrogen-bond donors (Lipinski definition) is 0. The third-order valence-corrected chi connectivity index (χ3v) is 4.40. The summed E-state index contributed by atoms with van der Waals surface area (Å²) in [5.41, 5.74) is 1.22. The first-order valence-corrected chi connectivity index (χ1v) is 5.37. The molecule has 1 nitrogen and oxygen atoms in total. The van der Waals surface area contributed by atoms with Crippen molar-refractivity contribution in [2.75, 3.05) is 0 Å². The zero-order chi connectivity index (χ0) is 9.30. The lowest BCUT2D eigenvalue weighted by Crippen LogP contribution is -1.94. The first-order valence-electron chi connectivity index (χ1n) is 3.76. The number of ketones is 1. The number of aryl methyl sites for hydroxylation is 1. The summed E-state index contributed by atoms with van der Waals surface area (Å²) >= 11 is 5.19. The molecule has 0 radical (unpaired) electrons. The second-order valence-electron chi connectivity index (χ2n) is 2.90. The van der Waals surface area contributed by atoms with Crippen LogP contribution in [0.4, 0.5) is 0 Å². The van der Waals surface area contributed by atoms with Gasteiger partial charge in [0.15, 0.2) is 0 Å². The molecule has 3 heteroatoms. The van der Waals surface area contributed by atoms with Gasteiger partial charge in [0, 0.05) is 20.6 Å². The van der Waals surface area contributed by atoms with Crippen LogP contribution in [0.25, 0.3) is 0 Å². The number of rotatable bonds is 2. The monoisotopic (exact) mass is 246 g/mol. The maximum absolute atomic E-state index is 10.9. The summed E-state index contributed by atoms with van der Waals surface area (Å²) in [5, 5.41) is 0. The highest BCUT2D eigenvalue weighted by atomic mass is 79.9. The molecule has 0 aliphatic heterocycles. The lowest BCUT2D eigenvalue weighted by atomic mass is 10.2. The standard InChI is InChI=1S/C9H11BrOS/c1-5(11)4-8-6(2)9(10)7(3)12-8/h4H2,1-3H3. The third-order valence-electron chi connectivity index (χ3n) is 1.74. The SMILES string of the molecule is CC(=O)Cc1sc(C)c(Br)c1C. The molecule has 0 fully saturated rings. The number of Topliss-reactive ketones (excluding diaryl/α,β-unsaturated/α-hetero) is 1. The number of carbonyl (C=O) groups is 1. The Morgan fingerprint density at radius 2 is 2.08 bits per heavy atom. The van der Waals surface area contributed by atoms with Gasteiger partial charge in [0.1, 0.15) is 5.78 Å². The smallest absolute Gasteiger partial charge is 0.135 e. The summed E-state index contributed by atoms with van der Waals surface area (Å²) in [6.45, 7) is 5.74. The average Bonchev–Trinajstić information content (AvgIpc) is 2.17. The van der Waals surface area contributed by atoms with Crippen molar-refractivity contribution in [2.24, 2.45) is 0 Å². The first-order chi connectivity index (χ1) is 5.52. The second kappa shape index (κ2) is 3.71. The van der Waals surface area contributed by atoms with Crippen molar-refractivity contribution in [1.82, 2.24) is 0 Å². The van der Waals surface area contributed by atoms with E-state index in [0.717, 1.165) is 4.47 Å². The molecule has 0 amide bonds. The molecule has 0 saturated carbocycles. The highest BCUT2D eigenvalue weighted by molar-refractivity contribution is 9.10. The van der Waals surface area contributed by atoms with Crippen LogP contribution in [0.3, 0.4) is 0 Å². The lowest BCUT2D eigenvalue weighted by molar-refractivity contribution is -0.116. The van der Waals surface area contributed by atoms with Gasteiger partial charge in [-0.05, 0) is 42.3 Å². The van der Waals surface area contributed by atoms with E-state index in [1.54, 1.807) is 18.3 Å². The Labute approximate surface area is 84.9 Å². The van der Waals surface area contributed by atoms with Gasteiger partial charge in [0.25, 0.3) is 0 Å². The molecule has 1 heterocycles. The van der Waals surface area contributed by atoms with Crippen LogP contribution in [0, 0.1) is 13.8 Å². The van der Waals surface area contributed by atoms with E-state index in [9.17, 15) is 4.79 Å². The minimum Gasteiger partial charge on any atom is -0.300 e. The molecule has 0 aliphatic rings. The zero-order valence-electron chi connectivity index (χ0n) is 7.40. The molecular weight excluding hydrogens is 236 g/mol. The van der Waals surface area contributed by atoms with E-state index < -0.39 is 0 Å². The highest BCUT2D eigenvalue weighted by Crippen LogP contribution is 2.32. The molecule has 0 atom stereocenters. The highest BCUT2D eigenvalue weighted by Gasteiger charge is 2.10. The molecule has 0 saturated heterocycles. The zero-order valence-corrected chi connectivity index (χ0v) is 9.80. The quantitative estimate of drug-likeness (QED) is 0.783. The Morgan fingerprint density at radius 3 is 2.42 bits per heavy atom. The van der Waals surface area contributed by atoms with E-state index in [2.05, 4.69) is 22.9 Å². The van der Waals surface area contributed by atoms with Gasteiger partial charge in [0.05, 0.1) is 0 Å². The van der Waals surface area contributed by atoms with Crippen molar-refractivity contribution >= 4 is 33.0 Å². The van der Waals surface area contributed by atoms with Gasteiger partial charge >= 0.3 is 0 Å². The summed E-state index contributed by atoms with van der Waals surface area (Å²) < 4.78 is 1.16. The van der Waals surface area contributed by atoms with E-state index in [4.69, 9.17) is 0 Å².